The summed E-state index contributed by atoms with van der Waals surface area (Å²) >= 11 is 1.50. The van der Waals surface area contributed by atoms with Gasteiger partial charge in [0, 0.05) is 10.9 Å². The molecule has 0 saturated carbocycles. The summed E-state index contributed by atoms with van der Waals surface area (Å²) < 4.78 is 16.0. The number of nitrogens with zero attached hydrogens (tertiary/aromatic N) is 1. The Bertz CT molecular complexity index is 935. The Hall–Kier alpha value is -2.86. The van der Waals surface area contributed by atoms with Crippen LogP contribution in [0.25, 0.3) is 10.6 Å². The molecule has 0 saturated heterocycles. The van der Waals surface area contributed by atoms with Gasteiger partial charge in [-0.1, -0.05) is 18.2 Å². The second-order valence-electron chi connectivity index (χ2n) is 6.07. The van der Waals surface area contributed by atoms with Gasteiger partial charge in [-0.2, -0.15) is 0 Å². The third kappa shape index (κ3) is 5.08. The highest BCUT2D eigenvalue weighted by Crippen LogP contribution is 2.27. The molecule has 2 aromatic carbocycles. The second kappa shape index (κ2) is 8.68. The average molecular weight is 383 g/mol. The predicted octanol–water partition coefficient (Wildman–Crippen LogP) is 4.56. The number of thiazole rings is 1. The van der Waals surface area contributed by atoms with Crippen LogP contribution < -0.4 is 9.47 Å². The van der Waals surface area contributed by atoms with Crippen molar-refractivity contribution in [1.29, 1.82) is 0 Å². The van der Waals surface area contributed by atoms with E-state index in [-0.39, 0.29) is 13.2 Å². The number of carbonyl (C=O) groups excluding carboxylic acids is 1. The van der Waals surface area contributed by atoms with E-state index in [1.165, 1.54) is 16.9 Å². The molecule has 1 aromatic heterocycles. The lowest BCUT2D eigenvalue weighted by Crippen LogP contribution is -2.14. The van der Waals surface area contributed by atoms with Crippen molar-refractivity contribution in [2.24, 2.45) is 0 Å². The maximum atomic E-state index is 11.9. The van der Waals surface area contributed by atoms with Gasteiger partial charge in [0.05, 0.1) is 12.8 Å². The molecule has 0 aliphatic carbocycles. The molecular formula is C21H21NO4S. The van der Waals surface area contributed by atoms with E-state index in [9.17, 15) is 4.79 Å². The molecule has 0 unspecified atom stereocenters. The molecule has 0 N–H and O–H groups in total. The molecule has 0 atom stereocenters. The van der Waals surface area contributed by atoms with Gasteiger partial charge in [-0.3, -0.25) is 0 Å². The van der Waals surface area contributed by atoms with E-state index in [0.717, 1.165) is 21.9 Å². The van der Waals surface area contributed by atoms with Crippen molar-refractivity contribution in [3.63, 3.8) is 0 Å². The third-order valence-corrected chi connectivity index (χ3v) is 5.02. The summed E-state index contributed by atoms with van der Waals surface area (Å²) in [6.45, 7) is 4.02. The highest BCUT2D eigenvalue weighted by Gasteiger charge is 2.09. The van der Waals surface area contributed by atoms with E-state index < -0.39 is 5.97 Å². The molecule has 0 radical (unpaired) electrons. The number of hydrogen-bond acceptors (Lipinski definition) is 6. The summed E-state index contributed by atoms with van der Waals surface area (Å²) in [5.74, 6) is 1.01. The first-order valence-corrected chi connectivity index (χ1v) is 9.37. The monoisotopic (exact) mass is 383 g/mol. The Balaban J connectivity index is 1.51. The van der Waals surface area contributed by atoms with Gasteiger partial charge in [0.25, 0.3) is 0 Å². The van der Waals surface area contributed by atoms with E-state index >= 15 is 0 Å². The minimum Gasteiger partial charge on any atom is -0.497 e. The molecule has 140 valence electrons. The molecular weight excluding hydrogens is 362 g/mol. The van der Waals surface area contributed by atoms with Crippen LogP contribution in [0.4, 0.5) is 0 Å². The average Bonchev–Trinajstić information content (AvgIpc) is 3.16. The number of benzene rings is 2. The van der Waals surface area contributed by atoms with Crippen LogP contribution in [0.3, 0.4) is 0 Å². The van der Waals surface area contributed by atoms with Crippen LogP contribution >= 0.6 is 11.3 Å². The molecule has 0 spiro atoms. The van der Waals surface area contributed by atoms with Crippen LogP contribution in [-0.2, 0) is 16.1 Å². The lowest BCUT2D eigenvalue weighted by molar-refractivity contribution is -0.147. The molecule has 5 nitrogen and oxygen atoms in total. The quantitative estimate of drug-likeness (QED) is 0.560. The molecule has 0 aliphatic heterocycles. The van der Waals surface area contributed by atoms with E-state index in [1.54, 1.807) is 7.11 Å². The third-order valence-electron chi connectivity index (χ3n) is 4.08. The van der Waals surface area contributed by atoms with Crippen LogP contribution in [0.5, 0.6) is 11.5 Å². The zero-order chi connectivity index (χ0) is 19.2. The minimum absolute atomic E-state index is 0.121. The number of esters is 1. The van der Waals surface area contributed by atoms with Gasteiger partial charge in [0.2, 0.25) is 0 Å². The highest BCUT2D eigenvalue weighted by molar-refractivity contribution is 7.13. The van der Waals surface area contributed by atoms with Crippen molar-refractivity contribution >= 4 is 17.3 Å². The Morgan fingerprint density at radius 2 is 1.93 bits per heavy atom. The molecule has 3 rings (SSSR count). The van der Waals surface area contributed by atoms with Crippen LogP contribution in [0, 0.1) is 13.8 Å². The predicted molar refractivity (Wildman–Crippen MR) is 105 cm³/mol. The largest absolute Gasteiger partial charge is 0.497 e. The molecule has 0 amide bonds. The zero-order valence-corrected chi connectivity index (χ0v) is 16.3. The minimum atomic E-state index is -0.427. The Morgan fingerprint density at radius 1 is 1.07 bits per heavy atom. The van der Waals surface area contributed by atoms with Crippen molar-refractivity contribution in [2.75, 3.05) is 13.7 Å². The first-order chi connectivity index (χ1) is 13.0. The number of carbonyl (C=O) groups is 1. The molecule has 0 aliphatic rings. The summed E-state index contributed by atoms with van der Waals surface area (Å²) in [6, 6.07) is 13.4. The van der Waals surface area contributed by atoms with E-state index in [1.807, 2.05) is 61.7 Å². The maximum absolute atomic E-state index is 11.9. The van der Waals surface area contributed by atoms with Crippen LogP contribution in [0.15, 0.2) is 47.8 Å². The van der Waals surface area contributed by atoms with Gasteiger partial charge >= 0.3 is 5.97 Å². The van der Waals surface area contributed by atoms with Crippen molar-refractivity contribution in [2.45, 2.75) is 20.5 Å². The lowest BCUT2D eigenvalue weighted by Gasteiger charge is -2.08. The van der Waals surface area contributed by atoms with Crippen LogP contribution in [0.1, 0.15) is 16.8 Å². The summed E-state index contributed by atoms with van der Waals surface area (Å²) in [5.41, 5.74) is 3.97. The molecule has 1 heterocycles. The number of aryl methyl sites for hydroxylation is 2. The van der Waals surface area contributed by atoms with Crippen LogP contribution in [0.2, 0.25) is 0 Å². The summed E-state index contributed by atoms with van der Waals surface area (Å²) in [5, 5.41) is 2.73. The van der Waals surface area contributed by atoms with E-state index in [2.05, 4.69) is 4.98 Å². The van der Waals surface area contributed by atoms with Crippen molar-refractivity contribution in [1.82, 2.24) is 4.98 Å². The number of aromatic nitrogens is 1. The first-order valence-electron chi connectivity index (χ1n) is 8.49. The lowest BCUT2D eigenvalue weighted by atomic mass is 10.1. The Labute approximate surface area is 162 Å². The first kappa shape index (κ1) is 18.9. The second-order valence-corrected chi connectivity index (χ2v) is 6.93. The summed E-state index contributed by atoms with van der Waals surface area (Å²) in [6.07, 6.45) is 0. The molecule has 6 heteroatoms. The normalized spacial score (nSPS) is 10.5. The van der Waals surface area contributed by atoms with Gasteiger partial charge < -0.3 is 14.2 Å². The van der Waals surface area contributed by atoms with Crippen molar-refractivity contribution < 1.29 is 19.0 Å². The van der Waals surface area contributed by atoms with Gasteiger partial charge in [-0.05, 0) is 49.2 Å². The molecule has 0 bridgehead atoms. The fraction of sp³-hybridized carbons (Fsp3) is 0.238. The maximum Gasteiger partial charge on any atom is 0.344 e. The molecule has 27 heavy (non-hydrogen) atoms. The van der Waals surface area contributed by atoms with Gasteiger partial charge in [0.15, 0.2) is 6.61 Å². The fourth-order valence-corrected chi connectivity index (χ4v) is 3.21. The number of rotatable bonds is 7. The van der Waals surface area contributed by atoms with Crippen LogP contribution in [-0.4, -0.2) is 24.7 Å². The SMILES string of the molecule is COc1cccc(-c2nc(COC(=O)COc3ccc(C)c(C)c3)cs2)c1. The fourth-order valence-electron chi connectivity index (χ4n) is 2.40. The van der Waals surface area contributed by atoms with Gasteiger partial charge in [-0.25, -0.2) is 9.78 Å². The highest BCUT2D eigenvalue weighted by atomic mass is 32.1. The van der Waals surface area contributed by atoms with Gasteiger partial charge in [0.1, 0.15) is 23.1 Å². The van der Waals surface area contributed by atoms with E-state index in [0.29, 0.717) is 11.4 Å². The molecule has 0 fully saturated rings. The topological polar surface area (TPSA) is 57.7 Å². The smallest absolute Gasteiger partial charge is 0.344 e. The van der Waals surface area contributed by atoms with Crippen molar-refractivity contribution in [3.05, 3.63) is 64.7 Å². The zero-order valence-electron chi connectivity index (χ0n) is 15.5. The number of ether oxygens (including phenoxy) is 3. The standard InChI is InChI=1S/C21H21NO4S/c1-14-7-8-19(9-15(14)2)25-12-20(23)26-11-17-13-27-21(22-17)16-5-4-6-18(10-16)24-3/h4-10,13H,11-12H2,1-3H3. The van der Waals surface area contributed by atoms with Crippen molar-refractivity contribution in [3.8, 4) is 22.1 Å². The Morgan fingerprint density at radius 3 is 2.70 bits per heavy atom. The summed E-state index contributed by atoms with van der Waals surface area (Å²) in [4.78, 5) is 16.4. The Kier molecular flexibility index (Phi) is 6.08. The number of methoxy groups -OCH3 is 1. The number of hydrogen-bond donors (Lipinski definition) is 0. The van der Waals surface area contributed by atoms with Gasteiger partial charge in [-0.15, -0.1) is 11.3 Å². The van der Waals surface area contributed by atoms with E-state index in [4.69, 9.17) is 14.2 Å². The summed E-state index contributed by atoms with van der Waals surface area (Å²) in [7, 11) is 1.63. The molecule has 3 aromatic rings.